The second kappa shape index (κ2) is 21.9. The van der Waals surface area contributed by atoms with E-state index >= 15 is 0 Å². The zero-order valence-electron chi connectivity index (χ0n) is 16.4. The number of carbonyl (C=O) groups is 1. The van der Waals surface area contributed by atoms with Gasteiger partial charge in [-0.15, -0.1) is 19.7 Å². The molecule has 0 radical (unpaired) electrons. The molecular formula is C22H43NO. The highest BCUT2D eigenvalue weighted by Crippen LogP contribution is 2.15. The Morgan fingerprint density at radius 2 is 1.12 bits per heavy atom. The Morgan fingerprint density at radius 3 is 1.42 bits per heavy atom. The van der Waals surface area contributed by atoms with Crippen molar-refractivity contribution in [2.24, 2.45) is 11.7 Å². The largest absolute Gasteiger partial charge is 0.369 e. The predicted molar refractivity (Wildman–Crippen MR) is 109 cm³/mol. The molecule has 24 heavy (non-hydrogen) atoms. The maximum atomic E-state index is 11.0. The van der Waals surface area contributed by atoms with Crippen molar-refractivity contribution in [3.8, 4) is 0 Å². The van der Waals surface area contributed by atoms with Gasteiger partial charge < -0.3 is 5.73 Å². The van der Waals surface area contributed by atoms with E-state index in [-0.39, 0.29) is 11.8 Å². The Bertz CT molecular complexity index is 275. The quantitative estimate of drug-likeness (QED) is 0.226. The molecular weight excluding hydrogens is 294 g/mol. The molecule has 0 bridgehead atoms. The third-order valence-corrected chi connectivity index (χ3v) is 4.52. The summed E-state index contributed by atoms with van der Waals surface area (Å²) in [5.74, 6) is -0.359. The normalized spacial score (nSPS) is 11.4. The number of nitrogens with two attached hydrogens (primary N) is 1. The molecule has 0 aromatic heterocycles. The molecule has 0 aliphatic heterocycles. The van der Waals surface area contributed by atoms with Crippen molar-refractivity contribution in [2.45, 2.75) is 103 Å². The highest BCUT2D eigenvalue weighted by Gasteiger charge is 2.09. The number of hydrogen-bond donors (Lipinski definition) is 1. The number of rotatable bonds is 17. The lowest BCUT2D eigenvalue weighted by molar-refractivity contribution is -0.120. The fourth-order valence-electron chi connectivity index (χ4n) is 2.94. The van der Waals surface area contributed by atoms with Gasteiger partial charge in [-0.2, -0.15) is 0 Å². The van der Waals surface area contributed by atoms with E-state index in [1.54, 1.807) is 6.08 Å². The summed E-state index contributed by atoms with van der Waals surface area (Å²) in [5, 5.41) is 0. The van der Waals surface area contributed by atoms with Crippen molar-refractivity contribution in [2.75, 3.05) is 0 Å². The first-order chi connectivity index (χ1) is 11.7. The summed E-state index contributed by atoms with van der Waals surface area (Å²) >= 11 is 0. The van der Waals surface area contributed by atoms with Gasteiger partial charge in [-0.1, -0.05) is 103 Å². The van der Waals surface area contributed by atoms with Crippen LogP contribution in [-0.2, 0) is 4.79 Å². The second-order valence-corrected chi connectivity index (χ2v) is 6.63. The highest BCUT2D eigenvalue weighted by molar-refractivity contribution is 5.78. The average Bonchev–Trinajstić information content (AvgIpc) is 2.60. The number of primary amides is 1. The highest BCUT2D eigenvalue weighted by atomic mass is 16.1. The first-order valence-corrected chi connectivity index (χ1v) is 10.1. The van der Waals surface area contributed by atoms with Crippen LogP contribution in [0.4, 0.5) is 0 Å². The lowest BCUT2D eigenvalue weighted by atomic mass is 9.99. The smallest absolute Gasteiger partial charge is 0.224 e. The first kappa shape index (κ1) is 25.2. The molecule has 0 aliphatic carbocycles. The summed E-state index contributed by atoms with van der Waals surface area (Å²) in [6.45, 7) is 11.9. The summed E-state index contributed by atoms with van der Waals surface area (Å²) in [5.41, 5.74) is 5.29. The van der Waals surface area contributed by atoms with E-state index in [0.29, 0.717) is 0 Å². The molecule has 142 valence electrons. The molecule has 0 saturated heterocycles. The zero-order valence-corrected chi connectivity index (χ0v) is 16.4. The molecule has 0 aromatic rings. The molecule has 1 atom stereocenters. The molecule has 0 fully saturated rings. The van der Waals surface area contributed by atoms with Gasteiger partial charge in [-0.3, -0.25) is 4.79 Å². The Balaban J connectivity index is 0. The van der Waals surface area contributed by atoms with E-state index in [9.17, 15) is 4.79 Å². The third kappa shape index (κ3) is 19.0. The summed E-state index contributed by atoms with van der Waals surface area (Å²) in [4.78, 5) is 11.0. The topological polar surface area (TPSA) is 43.1 Å². The van der Waals surface area contributed by atoms with Crippen molar-refractivity contribution in [1.29, 1.82) is 0 Å². The lowest BCUT2D eigenvalue weighted by Crippen LogP contribution is -2.21. The number of unbranched alkanes of at least 4 members (excludes halogenated alkanes) is 13. The van der Waals surface area contributed by atoms with Gasteiger partial charge in [0.15, 0.2) is 0 Å². The van der Waals surface area contributed by atoms with E-state index in [1.165, 1.54) is 83.5 Å². The minimum atomic E-state index is -0.232. The fourth-order valence-corrected chi connectivity index (χ4v) is 2.94. The standard InChI is InChI=1S/C20H39NO.C2H4/c1-3-5-6-7-8-9-10-11-12-13-14-15-16-17-18-19(4-2)20(21)22;1-2/h4,19H,2-3,5-18H2,1H3,(H2,21,22);1-2H2. The van der Waals surface area contributed by atoms with Gasteiger partial charge in [0.05, 0.1) is 5.92 Å². The van der Waals surface area contributed by atoms with E-state index in [2.05, 4.69) is 26.7 Å². The maximum absolute atomic E-state index is 11.0. The van der Waals surface area contributed by atoms with E-state index in [4.69, 9.17) is 5.73 Å². The molecule has 2 nitrogen and oxygen atoms in total. The SMILES string of the molecule is C=C.C=CC(CCCCCCCCCCCCCCCC)C(N)=O. The number of amides is 1. The van der Waals surface area contributed by atoms with Crippen LogP contribution >= 0.6 is 0 Å². The van der Waals surface area contributed by atoms with Crippen LogP contribution in [0.5, 0.6) is 0 Å². The summed E-state index contributed by atoms with van der Waals surface area (Å²) in [6.07, 6.45) is 21.6. The van der Waals surface area contributed by atoms with Gasteiger partial charge >= 0.3 is 0 Å². The lowest BCUT2D eigenvalue weighted by Gasteiger charge is -2.07. The molecule has 0 aliphatic rings. The van der Waals surface area contributed by atoms with Crippen molar-refractivity contribution < 1.29 is 4.79 Å². The molecule has 0 spiro atoms. The molecule has 0 heterocycles. The van der Waals surface area contributed by atoms with Gasteiger partial charge in [-0.25, -0.2) is 0 Å². The molecule has 2 heteroatoms. The second-order valence-electron chi connectivity index (χ2n) is 6.63. The van der Waals surface area contributed by atoms with E-state index < -0.39 is 0 Å². The minimum absolute atomic E-state index is 0.127. The molecule has 0 rings (SSSR count). The monoisotopic (exact) mass is 337 g/mol. The molecule has 1 amide bonds. The Hall–Kier alpha value is -1.05. The van der Waals surface area contributed by atoms with Gasteiger partial charge in [0, 0.05) is 0 Å². The predicted octanol–water partition coefficient (Wildman–Crippen LogP) is 6.95. The van der Waals surface area contributed by atoms with Crippen LogP contribution in [0.3, 0.4) is 0 Å². The molecule has 1 unspecified atom stereocenters. The van der Waals surface area contributed by atoms with Crippen LogP contribution in [0.25, 0.3) is 0 Å². The van der Waals surface area contributed by atoms with Gasteiger partial charge in [0.1, 0.15) is 0 Å². The van der Waals surface area contributed by atoms with Gasteiger partial charge in [0.2, 0.25) is 5.91 Å². The summed E-state index contributed by atoms with van der Waals surface area (Å²) in [7, 11) is 0. The van der Waals surface area contributed by atoms with Crippen molar-refractivity contribution >= 4 is 5.91 Å². The maximum Gasteiger partial charge on any atom is 0.224 e. The first-order valence-electron chi connectivity index (χ1n) is 10.1. The number of carbonyl (C=O) groups excluding carboxylic acids is 1. The van der Waals surface area contributed by atoms with E-state index in [0.717, 1.165) is 12.8 Å². The van der Waals surface area contributed by atoms with Gasteiger partial charge in [-0.05, 0) is 6.42 Å². The van der Waals surface area contributed by atoms with Crippen LogP contribution in [0.2, 0.25) is 0 Å². The minimum Gasteiger partial charge on any atom is -0.369 e. The van der Waals surface area contributed by atoms with Crippen LogP contribution in [0, 0.1) is 5.92 Å². The zero-order chi connectivity index (χ0) is 18.5. The average molecular weight is 338 g/mol. The summed E-state index contributed by atoms with van der Waals surface area (Å²) < 4.78 is 0. The molecule has 0 aromatic carbocycles. The Kier molecular flexibility index (Phi) is 23.0. The Morgan fingerprint density at radius 1 is 0.792 bits per heavy atom. The fraction of sp³-hybridized carbons (Fsp3) is 0.773. The molecule has 2 N–H and O–H groups in total. The molecule has 0 saturated carbocycles. The van der Waals surface area contributed by atoms with E-state index in [1.807, 2.05) is 0 Å². The Labute approximate surface area is 152 Å². The van der Waals surface area contributed by atoms with Crippen LogP contribution in [0.1, 0.15) is 103 Å². The van der Waals surface area contributed by atoms with Crippen molar-refractivity contribution in [3.05, 3.63) is 25.8 Å². The summed E-state index contributed by atoms with van der Waals surface area (Å²) in [6, 6.07) is 0. The van der Waals surface area contributed by atoms with Crippen molar-refractivity contribution in [1.82, 2.24) is 0 Å². The number of hydrogen-bond acceptors (Lipinski definition) is 1. The van der Waals surface area contributed by atoms with Gasteiger partial charge in [0.25, 0.3) is 0 Å². The van der Waals surface area contributed by atoms with Crippen LogP contribution in [-0.4, -0.2) is 5.91 Å². The van der Waals surface area contributed by atoms with Crippen LogP contribution in [0.15, 0.2) is 25.8 Å². The van der Waals surface area contributed by atoms with Crippen LogP contribution < -0.4 is 5.73 Å². The third-order valence-electron chi connectivity index (χ3n) is 4.52. The van der Waals surface area contributed by atoms with Crippen molar-refractivity contribution in [3.63, 3.8) is 0 Å².